The van der Waals surface area contributed by atoms with E-state index < -0.39 is 0 Å². The first-order valence-corrected chi connectivity index (χ1v) is 5.98. The van der Waals surface area contributed by atoms with Crippen molar-refractivity contribution in [3.05, 3.63) is 64.1 Å². The molecule has 0 aliphatic rings. The Labute approximate surface area is 104 Å². The minimum Gasteiger partial charge on any atom is -0.489 e. The smallest absolute Gasteiger partial charge is 0.119 e. The zero-order chi connectivity index (χ0) is 11.4. The molecule has 0 atom stereocenters. The van der Waals surface area contributed by atoms with Gasteiger partial charge in [-0.2, -0.15) is 0 Å². The van der Waals surface area contributed by atoms with Crippen molar-refractivity contribution >= 4 is 15.9 Å². The van der Waals surface area contributed by atoms with Crippen LogP contribution in [0.2, 0.25) is 0 Å². The average molecular weight is 277 g/mol. The monoisotopic (exact) mass is 276 g/mol. The van der Waals surface area contributed by atoms with Gasteiger partial charge >= 0.3 is 0 Å². The van der Waals surface area contributed by atoms with Crippen LogP contribution in [0.3, 0.4) is 0 Å². The first-order valence-electron chi connectivity index (χ1n) is 5.18. The zero-order valence-corrected chi connectivity index (χ0v) is 10.7. The number of halogens is 1. The third-order valence-corrected chi connectivity index (χ3v) is 3.00. The largest absolute Gasteiger partial charge is 0.489 e. The second kappa shape index (κ2) is 5.17. The molecular weight excluding hydrogens is 264 g/mol. The van der Waals surface area contributed by atoms with Gasteiger partial charge in [-0.1, -0.05) is 40.2 Å². The predicted octanol–water partition coefficient (Wildman–Crippen LogP) is 4.34. The van der Waals surface area contributed by atoms with Gasteiger partial charge in [-0.15, -0.1) is 0 Å². The van der Waals surface area contributed by atoms with Crippen LogP contribution in [-0.2, 0) is 6.61 Å². The molecule has 82 valence electrons. The van der Waals surface area contributed by atoms with Gasteiger partial charge < -0.3 is 4.74 Å². The van der Waals surface area contributed by atoms with Crippen LogP contribution < -0.4 is 4.74 Å². The lowest BCUT2D eigenvalue weighted by Gasteiger charge is -2.08. The fraction of sp³-hybridized carbons (Fsp3) is 0.143. The Bertz CT molecular complexity index is 462. The molecular formula is C14H13BrO. The number of hydrogen-bond acceptors (Lipinski definition) is 1. The number of benzene rings is 2. The Morgan fingerprint density at radius 1 is 1.00 bits per heavy atom. The van der Waals surface area contributed by atoms with Crippen molar-refractivity contribution in [1.29, 1.82) is 0 Å². The molecule has 0 spiro atoms. The molecule has 1 nitrogen and oxygen atoms in total. The van der Waals surface area contributed by atoms with E-state index in [-0.39, 0.29) is 0 Å². The van der Waals surface area contributed by atoms with E-state index in [9.17, 15) is 0 Å². The van der Waals surface area contributed by atoms with Crippen LogP contribution >= 0.6 is 15.9 Å². The summed E-state index contributed by atoms with van der Waals surface area (Å²) in [5, 5.41) is 0. The van der Waals surface area contributed by atoms with Crippen LogP contribution in [0.4, 0.5) is 0 Å². The summed E-state index contributed by atoms with van der Waals surface area (Å²) < 4.78 is 6.77. The van der Waals surface area contributed by atoms with E-state index in [1.807, 2.05) is 36.4 Å². The molecule has 2 aromatic carbocycles. The van der Waals surface area contributed by atoms with Crippen molar-refractivity contribution in [3.8, 4) is 5.75 Å². The topological polar surface area (TPSA) is 9.23 Å². The Morgan fingerprint density at radius 2 is 1.69 bits per heavy atom. The van der Waals surface area contributed by atoms with Gasteiger partial charge in [0, 0.05) is 4.47 Å². The van der Waals surface area contributed by atoms with Gasteiger partial charge in [0.1, 0.15) is 12.4 Å². The molecule has 0 saturated heterocycles. The summed E-state index contributed by atoms with van der Waals surface area (Å²) in [6.45, 7) is 2.72. The quantitative estimate of drug-likeness (QED) is 0.811. The van der Waals surface area contributed by atoms with Crippen molar-refractivity contribution < 1.29 is 4.74 Å². The highest BCUT2D eigenvalue weighted by Gasteiger charge is 1.98. The van der Waals surface area contributed by atoms with E-state index in [2.05, 4.69) is 35.0 Å². The Balaban J connectivity index is 2.02. The molecule has 0 aromatic heterocycles. The van der Waals surface area contributed by atoms with E-state index >= 15 is 0 Å². The van der Waals surface area contributed by atoms with E-state index in [1.165, 1.54) is 11.1 Å². The fourth-order valence-electron chi connectivity index (χ4n) is 1.46. The van der Waals surface area contributed by atoms with Crippen LogP contribution in [0.1, 0.15) is 11.1 Å². The van der Waals surface area contributed by atoms with Crippen LogP contribution in [0, 0.1) is 6.92 Å². The maximum atomic E-state index is 5.71. The number of ether oxygens (including phenoxy) is 1. The Kier molecular flexibility index (Phi) is 3.62. The molecule has 2 rings (SSSR count). The Hall–Kier alpha value is -1.28. The van der Waals surface area contributed by atoms with Gasteiger partial charge in [-0.3, -0.25) is 0 Å². The lowest BCUT2D eigenvalue weighted by atomic mass is 10.1. The lowest BCUT2D eigenvalue weighted by molar-refractivity contribution is 0.305. The van der Waals surface area contributed by atoms with Crippen molar-refractivity contribution in [3.63, 3.8) is 0 Å². The molecule has 16 heavy (non-hydrogen) atoms. The predicted molar refractivity (Wildman–Crippen MR) is 69.7 cm³/mol. The van der Waals surface area contributed by atoms with Gasteiger partial charge in [-0.05, 0) is 42.3 Å². The third kappa shape index (κ3) is 2.86. The average Bonchev–Trinajstić information content (AvgIpc) is 2.30. The summed E-state index contributed by atoms with van der Waals surface area (Å²) >= 11 is 3.40. The number of rotatable bonds is 3. The molecule has 0 unspecified atom stereocenters. The van der Waals surface area contributed by atoms with Gasteiger partial charge in [0.25, 0.3) is 0 Å². The van der Waals surface area contributed by atoms with E-state index in [0.717, 1.165) is 10.2 Å². The molecule has 0 bridgehead atoms. The molecule has 2 aromatic rings. The second-order valence-corrected chi connectivity index (χ2v) is 4.58. The normalized spacial score (nSPS) is 10.1. The summed E-state index contributed by atoms with van der Waals surface area (Å²) in [7, 11) is 0. The summed E-state index contributed by atoms with van der Waals surface area (Å²) in [5.41, 5.74) is 2.49. The fourth-order valence-corrected chi connectivity index (χ4v) is 1.73. The zero-order valence-electron chi connectivity index (χ0n) is 9.11. The minimum absolute atomic E-state index is 0.619. The van der Waals surface area contributed by atoms with Gasteiger partial charge in [0.05, 0.1) is 0 Å². The first kappa shape index (κ1) is 11.2. The highest BCUT2D eigenvalue weighted by molar-refractivity contribution is 9.10. The van der Waals surface area contributed by atoms with Gasteiger partial charge in [-0.25, -0.2) is 0 Å². The molecule has 0 aliphatic heterocycles. The highest BCUT2D eigenvalue weighted by Crippen LogP contribution is 2.18. The highest BCUT2D eigenvalue weighted by atomic mass is 79.9. The number of hydrogen-bond donors (Lipinski definition) is 0. The molecule has 2 heteroatoms. The summed E-state index contributed by atoms with van der Waals surface area (Å²) in [6.07, 6.45) is 0. The maximum Gasteiger partial charge on any atom is 0.119 e. The van der Waals surface area contributed by atoms with Crippen molar-refractivity contribution in [2.24, 2.45) is 0 Å². The van der Waals surface area contributed by atoms with Crippen LogP contribution in [0.15, 0.2) is 53.0 Å². The molecule has 0 amide bonds. The lowest BCUT2D eigenvalue weighted by Crippen LogP contribution is -1.97. The molecule has 0 heterocycles. The number of aryl methyl sites for hydroxylation is 1. The summed E-state index contributed by atoms with van der Waals surface area (Å²) in [4.78, 5) is 0. The SMILES string of the molecule is Cc1ccccc1COc1ccc(Br)cc1. The van der Waals surface area contributed by atoms with Crippen LogP contribution in [0.25, 0.3) is 0 Å². The molecule has 0 aliphatic carbocycles. The van der Waals surface area contributed by atoms with E-state index in [4.69, 9.17) is 4.74 Å². The Morgan fingerprint density at radius 3 is 2.38 bits per heavy atom. The third-order valence-electron chi connectivity index (χ3n) is 2.47. The second-order valence-electron chi connectivity index (χ2n) is 3.67. The summed E-state index contributed by atoms with van der Waals surface area (Å²) in [5.74, 6) is 0.895. The van der Waals surface area contributed by atoms with Crippen molar-refractivity contribution in [1.82, 2.24) is 0 Å². The van der Waals surface area contributed by atoms with Gasteiger partial charge in [0.2, 0.25) is 0 Å². The minimum atomic E-state index is 0.619. The van der Waals surface area contributed by atoms with E-state index in [1.54, 1.807) is 0 Å². The molecule has 0 N–H and O–H groups in total. The first-order chi connectivity index (χ1) is 7.75. The van der Waals surface area contributed by atoms with Gasteiger partial charge in [0.15, 0.2) is 0 Å². The molecule has 0 saturated carbocycles. The molecule has 0 radical (unpaired) electrons. The maximum absolute atomic E-state index is 5.71. The summed E-state index contributed by atoms with van der Waals surface area (Å²) in [6, 6.07) is 16.1. The van der Waals surface area contributed by atoms with Crippen molar-refractivity contribution in [2.75, 3.05) is 0 Å². The van der Waals surface area contributed by atoms with Crippen molar-refractivity contribution in [2.45, 2.75) is 13.5 Å². The standard InChI is InChI=1S/C14H13BrO/c1-11-4-2-3-5-12(11)10-16-14-8-6-13(15)7-9-14/h2-9H,10H2,1H3. The molecule has 0 fully saturated rings. The van der Waals surface area contributed by atoms with E-state index in [0.29, 0.717) is 6.61 Å². The van der Waals surface area contributed by atoms with Crippen LogP contribution in [-0.4, -0.2) is 0 Å². The van der Waals surface area contributed by atoms with Crippen LogP contribution in [0.5, 0.6) is 5.75 Å².